The average Bonchev–Trinajstić information content (AvgIpc) is 1.34. The molecule has 0 radical (unpaired) electrons. The van der Waals surface area contributed by atoms with Crippen LogP contribution in [-0.4, -0.2) is 135 Å². The van der Waals surface area contributed by atoms with Crippen molar-refractivity contribution in [3.8, 4) is 112 Å². The van der Waals surface area contributed by atoms with Gasteiger partial charge in [0.05, 0.1) is 112 Å². The normalized spacial score (nSPS) is 16.4. The summed E-state index contributed by atoms with van der Waals surface area (Å²) in [6.45, 7) is 10.7. The molecule has 4 unspecified atom stereocenters. The minimum Gasteiger partial charge on any atom is -0.362 e. The van der Waals surface area contributed by atoms with Crippen molar-refractivity contribution in [1.82, 2.24) is 83.9 Å². The molecule has 24 rings (SSSR count). The Morgan fingerprint density at radius 2 is 0.775 bits per heavy atom. The molecule has 20 nitrogen and oxygen atoms in total. The lowest BCUT2D eigenvalue weighted by molar-refractivity contribution is 0.0875. The Balaban J connectivity index is 0.000000110. The molecule has 13 aromatic heterocycles. The van der Waals surface area contributed by atoms with E-state index in [0.717, 1.165) is 141 Å². The van der Waals surface area contributed by atoms with Gasteiger partial charge in [-0.1, -0.05) is 83.8 Å². The lowest BCUT2D eigenvalue weighted by Gasteiger charge is -2.36. The van der Waals surface area contributed by atoms with Crippen molar-refractivity contribution < 1.29 is 35.9 Å². The SMILES string of the molecule is Cc1cc(-c2ncccc2-c2ccn3ncc(C(=O)NC4CC5CCC(C4)N5C)c3c2)ccc1F.Cc1cc(-c2ncccc2-c2ccn3ncc(C(=O)NC4CC5CCC(C4)N5C)c3c2)ccc1F.Fc1cc(F)c(-c2ncccc2-c2ccc3ncsc3c2)cc1Cl.Fc1ccc(Cl)cc1-c1ncccc1-c1ccc2ncsc2c1.[C-]#[N+]c1cnc2ccc(-c3cccnc3-c3cc(Cl)ccc3F)cn12. The largest absolute Gasteiger partial charge is 0.362 e. The number of nitrogens with one attached hydrogen (secondary N) is 2. The number of nitrogens with zero attached hydrogens (tertiary/aromatic N) is 16. The first kappa shape index (κ1) is 94.5. The Morgan fingerprint density at radius 3 is 1.20 bits per heavy atom. The maximum atomic E-state index is 14.3. The van der Waals surface area contributed by atoms with Gasteiger partial charge in [-0.3, -0.25) is 34.5 Å². The van der Waals surface area contributed by atoms with Gasteiger partial charge >= 0.3 is 0 Å². The Hall–Kier alpha value is -15.1. The zero-order chi connectivity index (χ0) is 98.1. The van der Waals surface area contributed by atoms with Gasteiger partial charge in [-0.25, -0.2) is 54.7 Å². The summed E-state index contributed by atoms with van der Waals surface area (Å²) in [6.07, 6.45) is 27.5. The number of amides is 2. The molecule has 31 heteroatoms. The third kappa shape index (κ3) is 19.7. The van der Waals surface area contributed by atoms with Gasteiger partial charge in [0.1, 0.15) is 34.9 Å². The van der Waals surface area contributed by atoms with Crippen molar-refractivity contribution in [2.75, 3.05) is 14.1 Å². The van der Waals surface area contributed by atoms with E-state index in [1.807, 2.05) is 145 Å². The van der Waals surface area contributed by atoms with Gasteiger partial charge in [-0.15, -0.1) is 22.7 Å². The molecule has 2 amide bonds. The monoisotopic (exact) mass is 1980 g/mol. The number of benzene rings is 7. The second-order valence-corrected chi connectivity index (χ2v) is 38.4. The number of fused-ring (bicyclic) bond motifs is 9. The molecule has 142 heavy (non-hydrogen) atoms. The van der Waals surface area contributed by atoms with Crippen LogP contribution in [0.1, 0.15) is 83.2 Å². The minimum atomic E-state index is -0.790. The average molecular weight is 1990 g/mol. The Bertz CT molecular complexity index is 8050. The molecule has 17 heterocycles. The predicted octanol–water partition coefficient (Wildman–Crippen LogP) is 26.9. The molecule has 706 valence electrons. The molecule has 4 aliphatic heterocycles. The molecule has 0 spiro atoms. The summed E-state index contributed by atoms with van der Waals surface area (Å²) in [4.78, 5) is 69.9. The number of carbonyl (C=O) groups excluding carboxylic acids is 2. The van der Waals surface area contributed by atoms with Crippen LogP contribution in [0.25, 0.3) is 154 Å². The smallest absolute Gasteiger partial charge is 0.255 e. The fraction of sp³-hybridized carbons (Fsp3) is 0.162. The van der Waals surface area contributed by atoms with E-state index in [1.54, 1.807) is 130 Å². The van der Waals surface area contributed by atoms with Crippen molar-refractivity contribution in [2.24, 2.45) is 0 Å². The molecule has 20 aromatic rings. The van der Waals surface area contributed by atoms with Crippen LogP contribution in [0.3, 0.4) is 0 Å². The van der Waals surface area contributed by atoms with Crippen LogP contribution < -0.4 is 10.6 Å². The van der Waals surface area contributed by atoms with Crippen molar-refractivity contribution in [3.63, 3.8) is 0 Å². The lowest BCUT2D eigenvalue weighted by atomic mass is 9.97. The van der Waals surface area contributed by atoms with Gasteiger partial charge in [0.25, 0.3) is 17.6 Å². The molecule has 2 N–H and O–H groups in total. The molecule has 0 saturated carbocycles. The van der Waals surface area contributed by atoms with E-state index in [4.69, 9.17) is 41.4 Å². The number of rotatable bonds is 14. The predicted molar refractivity (Wildman–Crippen MR) is 549 cm³/mol. The molecule has 4 atom stereocenters. The maximum absolute atomic E-state index is 14.3. The van der Waals surface area contributed by atoms with Gasteiger partial charge < -0.3 is 25.3 Å². The Labute approximate surface area is 834 Å². The molecule has 0 aliphatic carbocycles. The van der Waals surface area contributed by atoms with E-state index in [-0.39, 0.29) is 51.9 Å². The number of aromatic nitrogens is 13. The number of carbonyl (C=O) groups is 2. The highest BCUT2D eigenvalue weighted by Crippen LogP contribution is 2.43. The number of piperidine rings is 2. The van der Waals surface area contributed by atoms with Crippen LogP contribution in [-0.2, 0) is 0 Å². The zero-order valence-electron chi connectivity index (χ0n) is 76.6. The fourth-order valence-electron chi connectivity index (χ4n) is 19.4. The van der Waals surface area contributed by atoms with Crippen LogP contribution in [0, 0.1) is 55.3 Å². The van der Waals surface area contributed by atoms with Gasteiger partial charge in [0.2, 0.25) is 5.65 Å². The van der Waals surface area contributed by atoms with Crippen LogP contribution >= 0.6 is 57.5 Å². The topological polar surface area (TPSA) is 211 Å². The van der Waals surface area contributed by atoms with Crippen LogP contribution in [0.4, 0.5) is 32.2 Å². The van der Waals surface area contributed by atoms with Gasteiger partial charge in [0.15, 0.2) is 0 Å². The van der Waals surface area contributed by atoms with Gasteiger partial charge in [-0.05, 0) is 276 Å². The molecule has 7 aromatic carbocycles. The number of thiazole rings is 2. The fourth-order valence-corrected chi connectivity index (χ4v) is 21.4. The lowest BCUT2D eigenvalue weighted by Crippen LogP contribution is -2.48. The third-order valence-electron chi connectivity index (χ3n) is 26.8. The second kappa shape index (κ2) is 41.0. The third-order valence-corrected chi connectivity index (χ3v) is 29.1. The summed E-state index contributed by atoms with van der Waals surface area (Å²) < 4.78 is 91.3. The molecular formula is C111H85Cl3F6N18O2S2. The van der Waals surface area contributed by atoms with Crippen molar-refractivity contribution in [3.05, 3.63) is 381 Å². The summed E-state index contributed by atoms with van der Waals surface area (Å²) in [7, 11) is 4.40. The molecule has 4 saturated heterocycles. The summed E-state index contributed by atoms with van der Waals surface area (Å²) in [6, 6.07) is 65.8. The number of aryl methyl sites for hydroxylation is 2. The number of halogens is 9. The van der Waals surface area contributed by atoms with E-state index in [2.05, 4.69) is 95.5 Å². The van der Waals surface area contributed by atoms with Crippen LogP contribution in [0.2, 0.25) is 15.1 Å². The quantitative estimate of drug-likeness (QED) is 0.0589. The van der Waals surface area contributed by atoms with Gasteiger partial charge in [-0.2, -0.15) is 10.2 Å². The zero-order valence-corrected chi connectivity index (χ0v) is 80.5. The first-order chi connectivity index (χ1) is 69.0. The van der Waals surface area contributed by atoms with Crippen LogP contribution in [0.5, 0.6) is 0 Å². The van der Waals surface area contributed by atoms with Gasteiger partial charge in [0, 0.05) is 163 Å². The highest BCUT2D eigenvalue weighted by molar-refractivity contribution is 7.17. The Kier molecular flexibility index (Phi) is 27.3. The number of hydrogen-bond donors (Lipinski definition) is 2. The maximum Gasteiger partial charge on any atom is 0.255 e. The van der Waals surface area contributed by atoms with Crippen molar-refractivity contribution >= 4 is 112 Å². The highest BCUT2D eigenvalue weighted by Gasteiger charge is 2.41. The van der Waals surface area contributed by atoms with Crippen LogP contribution in [0.15, 0.2) is 298 Å². The summed E-state index contributed by atoms with van der Waals surface area (Å²) in [5.74, 6) is -2.43. The summed E-state index contributed by atoms with van der Waals surface area (Å²) in [5.41, 5.74) is 24.3. The summed E-state index contributed by atoms with van der Waals surface area (Å²) >= 11 is 21.0. The minimum absolute atomic E-state index is 0.0772. The first-order valence-corrected chi connectivity index (χ1v) is 48.7. The van der Waals surface area contributed by atoms with E-state index in [9.17, 15) is 35.9 Å². The highest BCUT2D eigenvalue weighted by atomic mass is 35.5. The van der Waals surface area contributed by atoms with Crippen molar-refractivity contribution in [2.45, 2.75) is 101 Å². The molecular weight excluding hydrogens is 1900 g/mol. The number of pyridine rings is 8. The molecule has 4 aliphatic rings. The molecule has 4 bridgehead atoms. The van der Waals surface area contributed by atoms with E-state index >= 15 is 0 Å². The number of hydrogen-bond acceptors (Lipinski definition) is 16. The van der Waals surface area contributed by atoms with Crippen molar-refractivity contribution in [1.29, 1.82) is 0 Å². The molecule has 4 fully saturated rings. The van der Waals surface area contributed by atoms with E-state index < -0.39 is 17.5 Å². The standard InChI is InChI=1S/2C28H28FN5O.C19H10ClFN4.C18H9ClF2N2S.C18H10ClFN2S/c2*1-17-12-19(5-8-25(17)29)27-23(4-3-10-30-27)18-9-11-34-26(13-18)24(16-31-34)28(35)32-20-14-21-6-7-22(15-20)33(21)2;1-22-18-10-24-17-7-4-12(11-25(17)18)14-3-2-8-23-19(14)15-9-13(20)5-6-16(15)21;19-13-7-12(14(20)8-15(13)21)18-11(2-1-5-22-18)10-3-4-16-17(6-10)24-9-23-16;19-12-4-5-15(20)14(9-12)18-13(2-1-7-21-18)11-3-6-16-17(8-11)23-10-22-16/h2*3-5,8-13,16,20-22H,6-7,14-15H2,1-2H3,(H,32,35);2-11H;1-9H;1-10H. The van der Waals surface area contributed by atoms with E-state index in [1.165, 1.54) is 85.7 Å². The Morgan fingerprint density at radius 1 is 0.387 bits per heavy atom. The summed E-state index contributed by atoms with van der Waals surface area (Å²) in [5, 5.41) is 16.2. The van der Waals surface area contributed by atoms with E-state index in [0.29, 0.717) is 96.1 Å². The second-order valence-electron chi connectivity index (χ2n) is 35.4. The number of imidazole rings is 1. The first-order valence-electron chi connectivity index (χ1n) is 45.9.